The van der Waals surface area contributed by atoms with E-state index in [9.17, 15) is 9.18 Å². The number of aromatic nitrogens is 2. The highest BCUT2D eigenvalue weighted by atomic mass is 35.5. The number of carbonyl (C=O) groups excluding carboxylic acids is 1. The molecule has 7 heteroatoms. The molecule has 1 aromatic carbocycles. The predicted molar refractivity (Wildman–Crippen MR) is 103 cm³/mol. The van der Waals surface area contributed by atoms with E-state index < -0.39 is 5.82 Å². The molecule has 4 aliphatic carbocycles. The van der Waals surface area contributed by atoms with Crippen LogP contribution in [0.3, 0.4) is 0 Å². The molecule has 0 spiro atoms. The summed E-state index contributed by atoms with van der Waals surface area (Å²) >= 11 is 5.76. The van der Waals surface area contributed by atoms with Crippen molar-refractivity contribution >= 4 is 17.5 Å². The largest absolute Gasteiger partial charge is 0.471 e. The third-order valence-electron chi connectivity index (χ3n) is 6.65. The summed E-state index contributed by atoms with van der Waals surface area (Å²) in [6.07, 6.45) is 8.16. The average molecular weight is 404 g/mol. The monoisotopic (exact) mass is 403 g/mol. The van der Waals surface area contributed by atoms with E-state index >= 15 is 0 Å². The number of halogens is 2. The molecule has 1 aromatic heterocycles. The van der Waals surface area contributed by atoms with Crippen LogP contribution in [0.4, 0.5) is 4.39 Å². The second-order valence-electron chi connectivity index (χ2n) is 8.52. The van der Waals surface area contributed by atoms with Crippen LogP contribution in [0, 0.1) is 29.5 Å². The Balaban J connectivity index is 1.20. The average Bonchev–Trinajstić information content (AvgIpc) is 3.14. The van der Waals surface area contributed by atoms with Crippen molar-refractivity contribution in [1.82, 2.24) is 15.1 Å². The summed E-state index contributed by atoms with van der Waals surface area (Å²) in [7, 11) is 0. The highest BCUT2D eigenvalue weighted by molar-refractivity contribution is 6.30. The first-order valence-corrected chi connectivity index (χ1v) is 10.3. The van der Waals surface area contributed by atoms with Gasteiger partial charge in [0.2, 0.25) is 0 Å². The summed E-state index contributed by atoms with van der Waals surface area (Å²) in [6, 6.07) is 6.17. The van der Waals surface area contributed by atoms with Crippen molar-refractivity contribution in [2.24, 2.45) is 23.7 Å². The molecular formula is C21H23ClFN3O2. The first-order valence-electron chi connectivity index (χ1n) is 9.97. The van der Waals surface area contributed by atoms with Crippen LogP contribution in [-0.2, 0) is 6.73 Å². The molecule has 1 amide bonds. The van der Waals surface area contributed by atoms with Crippen molar-refractivity contribution in [2.75, 3.05) is 0 Å². The molecule has 1 N–H and O–H groups in total. The van der Waals surface area contributed by atoms with E-state index in [1.807, 2.05) is 0 Å². The molecule has 4 bridgehead atoms. The third-order valence-corrected chi connectivity index (χ3v) is 6.94. The number of ether oxygens (including phenoxy) is 1. The number of nitrogens with one attached hydrogen (secondary N) is 1. The van der Waals surface area contributed by atoms with Crippen LogP contribution in [0.2, 0.25) is 5.02 Å². The van der Waals surface area contributed by atoms with Gasteiger partial charge in [-0.2, -0.15) is 5.10 Å². The summed E-state index contributed by atoms with van der Waals surface area (Å²) in [6.45, 7) is 0.118. The van der Waals surface area contributed by atoms with Gasteiger partial charge in [0.1, 0.15) is 17.3 Å². The number of rotatable bonds is 5. The Morgan fingerprint density at radius 3 is 2.57 bits per heavy atom. The smallest absolute Gasteiger partial charge is 0.272 e. The van der Waals surface area contributed by atoms with Gasteiger partial charge in [0, 0.05) is 18.3 Å². The van der Waals surface area contributed by atoms with E-state index in [1.165, 1.54) is 50.3 Å². The van der Waals surface area contributed by atoms with Crippen molar-refractivity contribution in [2.45, 2.75) is 44.9 Å². The molecule has 1 heterocycles. The van der Waals surface area contributed by atoms with Crippen LogP contribution in [0.1, 0.15) is 42.6 Å². The topological polar surface area (TPSA) is 56.2 Å². The van der Waals surface area contributed by atoms with Gasteiger partial charge in [0.25, 0.3) is 5.91 Å². The molecule has 28 heavy (non-hydrogen) atoms. The van der Waals surface area contributed by atoms with Gasteiger partial charge in [-0.25, -0.2) is 9.07 Å². The quantitative estimate of drug-likeness (QED) is 0.811. The van der Waals surface area contributed by atoms with Crippen molar-refractivity contribution in [1.29, 1.82) is 0 Å². The molecule has 4 fully saturated rings. The maximum absolute atomic E-state index is 13.2. The molecule has 5 nitrogen and oxygen atoms in total. The van der Waals surface area contributed by atoms with E-state index in [2.05, 4.69) is 10.4 Å². The van der Waals surface area contributed by atoms with Crippen LogP contribution < -0.4 is 10.1 Å². The summed E-state index contributed by atoms with van der Waals surface area (Å²) < 4.78 is 20.3. The lowest BCUT2D eigenvalue weighted by Crippen LogP contribution is -2.55. The number of hydrogen-bond acceptors (Lipinski definition) is 3. The maximum atomic E-state index is 13.2. The van der Waals surface area contributed by atoms with Gasteiger partial charge in [-0.3, -0.25) is 4.79 Å². The molecule has 6 rings (SSSR count). The van der Waals surface area contributed by atoms with E-state index in [1.54, 1.807) is 16.9 Å². The van der Waals surface area contributed by atoms with Crippen LogP contribution in [0.25, 0.3) is 0 Å². The van der Waals surface area contributed by atoms with Gasteiger partial charge < -0.3 is 10.1 Å². The molecule has 4 saturated carbocycles. The Bertz CT molecular complexity index is 872. The van der Waals surface area contributed by atoms with Crippen LogP contribution in [0.15, 0.2) is 30.5 Å². The Morgan fingerprint density at radius 1 is 1.18 bits per heavy atom. The highest BCUT2D eigenvalue weighted by Gasteiger charge is 2.48. The van der Waals surface area contributed by atoms with Crippen LogP contribution >= 0.6 is 11.6 Å². The van der Waals surface area contributed by atoms with Gasteiger partial charge in [-0.05, 0) is 74.0 Å². The Kier molecular flexibility index (Phi) is 4.54. The van der Waals surface area contributed by atoms with Crippen molar-refractivity contribution in [3.05, 3.63) is 47.0 Å². The third kappa shape index (κ3) is 3.39. The first kappa shape index (κ1) is 18.0. The zero-order valence-corrected chi connectivity index (χ0v) is 16.2. The molecule has 148 valence electrons. The van der Waals surface area contributed by atoms with Gasteiger partial charge >= 0.3 is 0 Å². The molecule has 0 atom stereocenters. The van der Waals surface area contributed by atoms with Gasteiger partial charge in [0.05, 0.1) is 5.02 Å². The highest BCUT2D eigenvalue weighted by Crippen LogP contribution is 2.53. The van der Waals surface area contributed by atoms with E-state index in [0.717, 1.165) is 11.8 Å². The minimum atomic E-state index is -0.489. The fourth-order valence-electron chi connectivity index (χ4n) is 5.65. The zero-order valence-electron chi connectivity index (χ0n) is 15.5. The molecule has 0 aliphatic heterocycles. The van der Waals surface area contributed by atoms with Crippen LogP contribution in [-0.4, -0.2) is 21.7 Å². The molecule has 2 aromatic rings. The molecule has 0 saturated heterocycles. The standard InChI is InChI=1S/C21H23ClFN3O2/c22-17-10-16(1-2-18(17)23)28-11-26-4-3-19(25-26)21(27)24-20-14-6-12-5-13(8-14)9-15(20)7-12/h1-4,10,12-15,20H,5-9,11H2,(H,24,27). The summed E-state index contributed by atoms with van der Waals surface area (Å²) in [5.74, 6) is 2.88. The van der Waals surface area contributed by atoms with Crippen LogP contribution in [0.5, 0.6) is 5.75 Å². The van der Waals surface area contributed by atoms with Crippen molar-refractivity contribution < 1.29 is 13.9 Å². The molecule has 4 aliphatic rings. The van der Waals surface area contributed by atoms with Crippen molar-refractivity contribution in [3.63, 3.8) is 0 Å². The van der Waals surface area contributed by atoms with Crippen molar-refractivity contribution in [3.8, 4) is 5.75 Å². The predicted octanol–water partition coefficient (Wildman–Crippen LogP) is 4.27. The maximum Gasteiger partial charge on any atom is 0.272 e. The zero-order chi connectivity index (χ0) is 19.3. The fraction of sp³-hybridized carbons (Fsp3) is 0.524. The number of hydrogen-bond donors (Lipinski definition) is 1. The molecular weight excluding hydrogens is 381 g/mol. The summed E-state index contributed by atoms with van der Waals surface area (Å²) in [5, 5.41) is 7.59. The first-order chi connectivity index (χ1) is 13.5. The lowest BCUT2D eigenvalue weighted by Gasteiger charge is -2.54. The molecule has 0 unspecified atom stereocenters. The molecule has 0 radical (unpaired) electrons. The number of carbonyl (C=O) groups is 1. The Morgan fingerprint density at radius 2 is 1.89 bits per heavy atom. The van der Waals surface area contributed by atoms with Gasteiger partial charge in [0.15, 0.2) is 6.73 Å². The normalized spacial score (nSPS) is 30.4. The number of amides is 1. The van der Waals surface area contributed by atoms with Gasteiger partial charge in [-0.1, -0.05) is 11.6 Å². The number of benzene rings is 1. The van der Waals surface area contributed by atoms with E-state index in [0.29, 0.717) is 29.3 Å². The SMILES string of the molecule is O=C(NC1C2CC3CC(C2)CC1C3)c1ccn(COc2ccc(F)c(Cl)c2)n1. The minimum absolute atomic E-state index is 0.00805. The number of nitrogens with zero attached hydrogens (tertiary/aromatic N) is 2. The summed E-state index contributed by atoms with van der Waals surface area (Å²) in [5.41, 5.74) is 0.398. The Hall–Kier alpha value is -2.08. The summed E-state index contributed by atoms with van der Waals surface area (Å²) in [4.78, 5) is 12.7. The lowest BCUT2D eigenvalue weighted by molar-refractivity contribution is -0.0120. The van der Waals surface area contributed by atoms with Gasteiger partial charge in [-0.15, -0.1) is 0 Å². The second-order valence-corrected chi connectivity index (χ2v) is 8.93. The minimum Gasteiger partial charge on any atom is -0.471 e. The Labute approximate surface area is 168 Å². The lowest BCUT2D eigenvalue weighted by atomic mass is 9.54. The second kappa shape index (κ2) is 7.07. The van der Waals surface area contributed by atoms with E-state index in [-0.39, 0.29) is 17.7 Å². The fourth-order valence-corrected chi connectivity index (χ4v) is 5.82. The van der Waals surface area contributed by atoms with E-state index in [4.69, 9.17) is 16.3 Å².